The van der Waals surface area contributed by atoms with Crippen LogP contribution in [0, 0.1) is 5.41 Å². The summed E-state index contributed by atoms with van der Waals surface area (Å²) >= 11 is 0. The second kappa shape index (κ2) is 28.7. The van der Waals surface area contributed by atoms with Crippen LogP contribution in [-0.2, 0) is 52.7 Å². The predicted molar refractivity (Wildman–Crippen MR) is 220 cm³/mol. The molecule has 0 aliphatic carbocycles. The molecule has 0 saturated heterocycles. The number of carboxylic acids is 9. The summed E-state index contributed by atoms with van der Waals surface area (Å²) in [7, 11) is 0. The fourth-order valence-corrected chi connectivity index (χ4v) is 7.67. The van der Waals surface area contributed by atoms with Gasteiger partial charge in [-0.1, -0.05) is 6.92 Å². The molecular weight excluding hydrogens is 854 g/mol. The zero-order chi connectivity index (χ0) is 49.1. The van der Waals surface area contributed by atoms with Crippen molar-refractivity contribution in [2.75, 3.05) is 6.54 Å². The topological polar surface area (TPSA) is 406 Å². The first-order valence-corrected chi connectivity index (χ1v) is 21.0. The van der Waals surface area contributed by atoms with Crippen molar-refractivity contribution in [3.63, 3.8) is 0 Å². The summed E-state index contributed by atoms with van der Waals surface area (Å²) in [5.74, 6) is -12.7. The molecular formula is C41H65N3O20. The van der Waals surface area contributed by atoms with Gasteiger partial charge in [0.15, 0.2) is 0 Å². The Morgan fingerprint density at radius 3 is 0.750 bits per heavy atom. The number of carbonyl (C=O) groups excluding carboxylic acids is 2. The summed E-state index contributed by atoms with van der Waals surface area (Å²) in [5, 5.41) is 93.1. The number of amides is 2. The lowest BCUT2D eigenvalue weighted by Gasteiger charge is -2.37. The van der Waals surface area contributed by atoms with Gasteiger partial charge in [0.1, 0.15) is 0 Å². The van der Waals surface area contributed by atoms with Crippen LogP contribution in [0.1, 0.15) is 161 Å². The molecule has 2 amide bonds. The van der Waals surface area contributed by atoms with Crippen LogP contribution in [-0.4, -0.2) is 135 Å². The predicted octanol–water partition coefficient (Wildman–Crippen LogP) is 3.15. The van der Waals surface area contributed by atoms with E-state index >= 15 is 0 Å². The third-order valence-corrected chi connectivity index (χ3v) is 11.5. The lowest BCUT2D eigenvalue weighted by molar-refractivity contribution is -0.141. The summed E-state index contributed by atoms with van der Waals surface area (Å²) in [6.45, 7) is 1.79. The van der Waals surface area contributed by atoms with Crippen molar-refractivity contribution in [1.29, 1.82) is 0 Å². The molecule has 0 fully saturated rings. The van der Waals surface area contributed by atoms with Crippen LogP contribution in [0.5, 0.6) is 0 Å². The highest BCUT2D eigenvalue weighted by molar-refractivity contribution is 5.79. The second-order valence-electron chi connectivity index (χ2n) is 16.8. The molecule has 0 rings (SSSR count). The zero-order valence-corrected chi connectivity index (χ0v) is 36.2. The molecule has 0 aliphatic heterocycles. The van der Waals surface area contributed by atoms with Crippen molar-refractivity contribution < 1.29 is 98.7 Å². The summed E-state index contributed by atoms with van der Waals surface area (Å²) in [6.07, 6.45) is -6.65. The molecule has 0 aromatic rings. The van der Waals surface area contributed by atoms with E-state index in [-0.39, 0.29) is 103 Å². The third-order valence-electron chi connectivity index (χ3n) is 11.5. The average molecular weight is 920 g/mol. The second-order valence-corrected chi connectivity index (χ2v) is 16.8. The van der Waals surface area contributed by atoms with Crippen LogP contribution >= 0.6 is 0 Å². The number of carbonyl (C=O) groups is 11. The van der Waals surface area contributed by atoms with E-state index in [1.54, 1.807) is 6.92 Å². The highest BCUT2D eigenvalue weighted by Gasteiger charge is 2.37. The summed E-state index contributed by atoms with van der Waals surface area (Å²) in [5.41, 5.74) is -5.26. The Kier molecular flexibility index (Phi) is 26.1. The molecule has 0 radical (unpaired) electrons. The lowest BCUT2D eigenvalue weighted by Crippen LogP contribution is -2.50. The molecule has 0 saturated carbocycles. The largest absolute Gasteiger partial charge is 0.481 e. The molecule has 0 aromatic carbocycles. The van der Waals surface area contributed by atoms with Crippen molar-refractivity contribution in [2.45, 2.75) is 178 Å². The molecule has 0 aromatic heterocycles. The maximum absolute atomic E-state index is 13.7. The maximum atomic E-state index is 13.7. The normalized spacial score (nSPS) is 11.9. The molecule has 0 atom stereocenters. The van der Waals surface area contributed by atoms with E-state index in [2.05, 4.69) is 16.0 Å². The van der Waals surface area contributed by atoms with Gasteiger partial charge in [0.2, 0.25) is 11.8 Å². The van der Waals surface area contributed by atoms with Gasteiger partial charge >= 0.3 is 53.7 Å². The average Bonchev–Trinajstić information content (AvgIpc) is 3.19. The molecule has 0 unspecified atom stereocenters. The molecule has 23 heteroatoms. The molecule has 0 spiro atoms. The minimum Gasteiger partial charge on any atom is -0.481 e. The summed E-state index contributed by atoms with van der Waals surface area (Å²) in [4.78, 5) is 131. The van der Waals surface area contributed by atoms with Crippen LogP contribution in [0.4, 0.5) is 0 Å². The lowest BCUT2D eigenvalue weighted by atomic mass is 9.76. The van der Waals surface area contributed by atoms with Crippen LogP contribution in [0.2, 0.25) is 0 Å². The van der Waals surface area contributed by atoms with Crippen LogP contribution in [0.15, 0.2) is 0 Å². The van der Waals surface area contributed by atoms with E-state index in [1.807, 2.05) is 0 Å². The third kappa shape index (κ3) is 27.2. The highest BCUT2D eigenvalue weighted by atomic mass is 16.4. The van der Waals surface area contributed by atoms with E-state index in [0.29, 0.717) is 0 Å². The van der Waals surface area contributed by atoms with Gasteiger partial charge in [-0.3, -0.25) is 52.7 Å². The van der Waals surface area contributed by atoms with E-state index < -0.39 is 145 Å². The first-order valence-electron chi connectivity index (χ1n) is 21.0. The summed E-state index contributed by atoms with van der Waals surface area (Å²) in [6, 6.07) is 0. The van der Waals surface area contributed by atoms with Crippen molar-refractivity contribution >= 4 is 65.5 Å². The van der Waals surface area contributed by atoms with Gasteiger partial charge in [0.25, 0.3) is 0 Å². The fraction of sp³-hybridized carbons (Fsp3) is 0.732. The molecule has 0 aliphatic rings. The smallest absolute Gasteiger partial charge is 0.303 e. The van der Waals surface area contributed by atoms with Gasteiger partial charge in [-0.05, 0) is 95.4 Å². The quantitative estimate of drug-likeness (QED) is 0.0393. The number of carboxylic acid groups (broad SMARTS) is 9. The van der Waals surface area contributed by atoms with Gasteiger partial charge in [-0.25, -0.2) is 0 Å². The Morgan fingerprint density at radius 1 is 0.312 bits per heavy atom. The van der Waals surface area contributed by atoms with E-state index in [4.69, 9.17) is 0 Å². The summed E-state index contributed by atoms with van der Waals surface area (Å²) < 4.78 is 0. The van der Waals surface area contributed by atoms with Crippen LogP contribution in [0.3, 0.4) is 0 Å². The first-order chi connectivity index (χ1) is 29.7. The van der Waals surface area contributed by atoms with Crippen molar-refractivity contribution in [3.8, 4) is 0 Å². The van der Waals surface area contributed by atoms with E-state index in [1.165, 1.54) is 0 Å². The standard InChI is InChI=1S/C41H65N3O20/c1-38(14-2-26-42-39(17-5-29(47)48,18-6-30(49)50)19-7-31(51)52,15-3-27(45)43-40(20-8-32(53)54,21-9-33(55)56)22-10-34(57)58)16-4-28(46)44-41(23-11-35(59)60,24-12-36(61)62)25-13-37(63)64/h42H,2-26H2,1H3,(H,43,45)(H,44,46)(H,47,48)(H,49,50)(H,51,52)(H,53,54)(H,55,56)(H,57,58)(H,59,60)(H,61,62)(H,63,64). The Hall–Kier alpha value is -5.87. The molecule has 0 heterocycles. The van der Waals surface area contributed by atoms with E-state index in [0.717, 1.165) is 0 Å². The fourth-order valence-electron chi connectivity index (χ4n) is 7.67. The van der Waals surface area contributed by atoms with Gasteiger partial charge in [0, 0.05) is 87.2 Å². The minimum absolute atomic E-state index is 0.00333. The molecule has 64 heavy (non-hydrogen) atoms. The van der Waals surface area contributed by atoms with E-state index in [9.17, 15) is 98.7 Å². The van der Waals surface area contributed by atoms with Gasteiger partial charge in [-0.15, -0.1) is 0 Å². The molecule has 12 N–H and O–H groups in total. The van der Waals surface area contributed by atoms with Crippen molar-refractivity contribution in [3.05, 3.63) is 0 Å². The van der Waals surface area contributed by atoms with Gasteiger partial charge < -0.3 is 61.9 Å². The number of hydrogen-bond acceptors (Lipinski definition) is 12. The zero-order valence-electron chi connectivity index (χ0n) is 36.2. The monoisotopic (exact) mass is 919 g/mol. The SMILES string of the molecule is CC(CCCNC(CCC(=O)O)(CCC(=O)O)CCC(=O)O)(CCC(=O)NC(CCC(=O)O)(CCC(=O)O)CCC(=O)O)CCC(=O)NC(CCC(=O)O)(CCC(=O)O)CCC(=O)O. The Balaban J connectivity index is 6.79. The maximum Gasteiger partial charge on any atom is 0.303 e. The Morgan fingerprint density at radius 2 is 0.531 bits per heavy atom. The molecule has 364 valence electrons. The van der Waals surface area contributed by atoms with Gasteiger partial charge in [0.05, 0.1) is 0 Å². The Bertz CT molecular complexity index is 1430. The molecule has 0 bridgehead atoms. The number of nitrogens with one attached hydrogen (secondary N) is 3. The van der Waals surface area contributed by atoms with Crippen molar-refractivity contribution in [2.24, 2.45) is 5.41 Å². The van der Waals surface area contributed by atoms with Crippen molar-refractivity contribution in [1.82, 2.24) is 16.0 Å². The number of aliphatic carboxylic acids is 9. The molecule has 23 nitrogen and oxygen atoms in total. The Labute approximate surface area is 369 Å². The number of rotatable bonds is 40. The first kappa shape index (κ1) is 58.1. The highest BCUT2D eigenvalue weighted by Crippen LogP contribution is 2.36. The number of hydrogen-bond donors (Lipinski definition) is 12. The van der Waals surface area contributed by atoms with Crippen LogP contribution < -0.4 is 16.0 Å². The van der Waals surface area contributed by atoms with Crippen LogP contribution in [0.25, 0.3) is 0 Å². The van der Waals surface area contributed by atoms with Gasteiger partial charge in [-0.2, -0.15) is 0 Å². The minimum atomic E-state index is -1.54.